The molecule has 0 aliphatic heterocycles. The van der Waals surface area contributed by atoms with Crippen LogP contribution < -0.4 is 5.32 Å². The highest BCUT2D eigenvalue weighted by Crippen LogP contribution is 2.11. The summed E-state index contributed by atoms with van der Waals surface area (Å²) in [6.07, 6.45) is 0. The second-order valence-electron chi connectivity index (χ2n) is 3.24. The summed E-state index contributed by atoms with van der Waals surface area (Å²) in [6, 6.07) is 1.88. The molecule has 0 aliphatic rings. The van der Waals surface area contributed by atoms with Crippen LogP contribution in [-0.4, -0.2) is 20.1 Å². The zero-order chi connectivity index (χ0) is 11.5. The molecule has 0 saturated heterocycles. The summed E-state index contributed by atoms with van der Waals surface area (Å²) in [4.78, 5) is 12.4. The smallest absolute Gasteiger partial charge is 0.270 e. The lowest BCUT2D eigenvalue weighted by molar-refractivity contribution is 0.391. The Bertz CT molecular complexity index is 478. The maximum absolute atomic E-state index is 5.54. The molecule has 0 saturated carbocycles. The molecule has 0 aromatic carbocycles. The molecule has 0 bridgehead atoms. The van der Waals surface area contributed by atoms with Crippen molar-refractivity contribution in [2.45, 2.75) is 19.7 Å². The average Bonchev–Trinajstić information content (AvgIpc) is 2.64. The molecule has 0 unspecified atom stereocenters. The van der Waals surface area contributed by atoms with Gasteiger partial charge in [-0.2, -0.15) is 4.98 Å². The van der Waals surface area contributed by atoms with Gasteiger partial charge < -0.3 is 4.52 Å². The highest BCUT2D eigenvalue weighted by Gasteiger charge is 2.07. The number of aromatic nitrogens is 4. The molecule has 0 spiro atoms. The molecule has 7 heteroatoms. The summed E-state index contributed by atoms with van der Waals surface area (Å²) in [5.74, 6) is 1.29. The Morgan fingerprint density at radius 3 is 2.44 bits per heavy atom. The molecule has 0 amide bonds. The summed E-state index contributed by atoms with van der Waals surface area (Å²) in [7, 11) is 0. The lowest BCUT2D eigenvalue weighted by Crippen LogP contribution is -2.01. The standard InChI is InChI=1S/C9H10ClN5O/c1-5-3-6(2)12-8(11-5)14-9-13-7(4-10)16-15-9/h3H,4H2,1-2H3,(H,11,12,14,15). The van der Waals surface area contributed by atoms with Gasteiger partial charge in [0.05, 0.1) is 0 Å². The van der Waals surface area contributed by atoms with Crippen molar-refractivity contribution in [1.29, 1.82) is 0 Å². The van der Waals surface area contributed by atoms with Gasteiger partial charge in [-0.05, 0) is 25.1 Å². The fourth-order valence-corrected chi connectivity index (χ4v) is 1.35. The first-order valence-electron chi connectivity index (χ1n) is 4.65. The molecule has 0 fully saturated rings. The minimum Gasteiger partial charge on any atom is -0.336 e. The monoisotopic (exact) mass is 239 g/mol. The van der Waals surface area contributed by atoms with E-state index in [9.17, 15) is 0 Å². The summed E-state index contributed by atoms with van der Waals surface area (Å²) >= 11 is 5.54. The van der Waals surface area contributed by atoms with Gasteiger partial charge in [0.1, 0.15) is 5.88 Å². The number of anilines is 2. The molecule has 2 aromatic heterocycles. The van der Waals surface area contributed by atoms with E-state index in [2.05, 4.69) is 25.4 Å². The SMILES string of the molecule is Cc1cc(C)nc(Nc2noc(CCl)n2)n1. The van der Waals surface area contributed by atoms with Gasteiger partial charge in [0, 0.05) is 11.4 Å². The molecular formula is C9H10ClN5O. The topological polar surface area (TPSA) is 76.7 Å². The molecule has 2 aromatic rings. The minimum absolute atomic E-state index is 0.183. The van der Waals surface area contributed by atoms with E-state index in [0.717, 1.165) is 11.4 Å². The number of nitrogens with one attached hydrogen (secondary N) is 1. The molecule has 2 rings (SSSR count). The van der Waals surface area contributed by atoms with E-state index in [-0.39, 0.29) is 5.88 Å². The Morgan fingerprint density at radius 1 is 1.19 bits per heavy atom. The fraction of sp³-hybridized carbons (Fsp3) is 0.333. The molecular weight excluding hydrogens is 230 g/mol. The van der Waals surface area contributed by atoms with E-state index in [1.807, 2.05) is 19.9 Å². The lowest BCUT2D eigenvalue weighted by Gasteiger charge is -2.01. The Labute approximate surface area is 97.1 Å². The largest absolute Gasteiger partial charge is 0.336 e. The fourth-order valence-electron chi connectivity index (χ4n) is 1.24. The van der Waals surface area contributed by atoms with Crippen LogP contribution in [-0.2, 0) is 5.88 Å². The van der Waals surface area contributed by atoms with Crippen molar-refractivity contribution >= 4 is 23.5 Å². The van der Waals surface area contributed by atoms with Crippen molar-refractivity contribution in [3.63, 3.8) is 0 Å². The summed E-state index contributed by atoms with van der Waals surface area (Å²) in [5.41, 5.74) is 1.74. The number of hydrogen-bond donors (Lipinski definition) is 1. The quantitative estimate of drug-likeness (QED) is 0.825. The Morgan fingerprint density at radius 2 is 1.88 bits per heavy atom. The van der Waals surface area contributed by atoms with Gasteiger partial charge in [0.25, 0.3) is 5.95 Å². The number of hydrogen-bond acceptors (Lipinski definition) is 6. The lowest BCUT2D eigenvalue weighted by atomic mass is 10.4. The van der Waals surface area contributed by atoms with Crippen LogP contribution in [0.1, 0.15) is 17.3 Å². The zero-order valence-corrected chi connectivity index (χ0v) is 9.62. The van der Waals surface area contributed by atoms with Crippen LogP contribution in [0.3, 0.4) is 0 Å². The average molecular weight is 240 g/mol. The number of aryl methyl sites for hydroxylation is 2. The molecule has 0 aliphatic carbocycles. The van der Waals surface area contributed by atoms with Crippen molar-refractivity contribution < 1.29 is 4.52 Å². The van der Waals surface area contributed by atoms with Gasteiger partial charge in [0.2, 0.25) is 11.8 Å². The van der Waals surface area contributed by atoms with Crippen LogP contribution in [0.4, 0.5) is 11.9 Å². The number of rotatable bonds is 3. The molecule has 0 atom stereocenters. The third-order valence-electron chi connectivity index (χ3n) is 1.79. The van der Waals surface area contributed by atoms with E-state index >= 15 is 0 Å². The summed E-state index contributed by atoms with van der Waals surface area (Å²) < 4.78 is 4.84. The van der Waals surface area contributed by atoms with E-state index in [0.29, 0.717) is 17.8 Å². The zero-order valence-electron chi connectivity index (χ0n) is 8.86. The van der Waals surface area contributed by atoms with Crippen LogP contribution in [0.15, 0.2) is 10.6 Å². The summed E-state index contributed by atoms with van der Waals surface area (Å²) in [5, 5.41) is 6.52. The minimum atomic E-state index is 0.183. The van der Waals surface area contributed by atoms with Crippen molar-refractivity contribution in [1.82, 2.24) is 20.1 Å². The maximum Gasteiger partial charge on any atom is 0.270 e. The molecule has 16 heavy (non-hydrogen) atoms. The van der Waals surface area contributed by atoms with Gasteiger partial charge in [-0.3, -0.25) is 5.32 Å². The highest BCUT2D eigenvalue weighted by atomic mass is 35.5. The molecule has 2 heterocycles. The number of nitrogens with zero attached hydrogens (tertiary/aromatic N) is 4. The van der Waals surface area contributed by atoms with Gasteiger partial charge in [-0.25, -0.2) is 9.97 Å². The molecule has 6 nitrogen and oxygen atoms in total. The van der Waals surface area contributed by atoms with Crippen LogP contribution >= 0.6 is 11.6 Å². The Balaban J connectivity index is 2.19. The van der Waals surface area contributed by atoms with E-state index in [1.165, 1.54) is 0 Å². The predicted molar refractivity (Wildman–Crippen MR) is 58.6 cm³/mol. The van der Waals surface area contributed by atoms with Crippen LogP contribution in [0, 0.1) is 13.8 Å². The molecule has 1 N–H and O–H groups in total. The van der Waals surface area contributed by atoms with Gasteiger partial charge in [-0.1, -0.05) is 0 Å². The third kappa shape index (κ3) is 2.46. The van der Waals surface area contributed by atoms with E-state index in [4.69, 9.17) is 16.1 Å². The Hall–Kier alpha value is -1.69. The van der Waals surface area contributed by atoms with Gasteiger partial charge in [0.15, 0.2) is 0 Å². The van der Waals surface area contributed by atoms with Crippen LogP contribution in [0.2, 0.25) is 0 Å². The first-order chi connectivity index (χ1) is 7.67. The van der Waals surface area contributed by atoms with Crippen molar-refractivity contribution in [3.8, 4) is 0 Å². The highest BCUT2D eigenvalue weighted by molar-refractivity contribution is 6.16. The first kappa shape index (κ1) is 10.8. The predicted octanol–water partition coefficient (Wildman–Crippen LogP) is 1.96. The van der Waals surface area contributed by atoms with Gasteiger partial charge in [-0.15, -0.1) is 11.6 Å². The van der Waals surface area contributed by atoms with E-state index < -0.39 is 0 Å². The third-order valence-corrected chi connectivity index (χ3v) is 2.02. The van der Waals surface area contributed by atoms with Crippen molar-refractivity contribution in [2.75, 3.05) is 5.32 Å². The van der Waals surface area contributed by atoms with Crippen LogP contribution in [0.25, 0.3) is 0 Å². The van der Waals surface area contributed by atoms with Gasteiger partial charge >= 0.3 is 0 Å². The second kappa shape index (κ2) is 4.44. The number of alkyl halides is 1. The summed E-state index contributed by atoms with van der Waals surface area (Å²) in [6.45, 7) is 3.78. The normalized spacial score (nSPS) is 10.4. The molecule has 84 valence electrons. The van der Waals surface area contributed by atoms with Crippen molar-refractivity contribution in [2.24, 2.45) is 0 Å². The van der Waals surface area contributed by atoms with E-state index in [1.54, 1.807) is 0 Å². The first-order valence-corrected chi connectivity index (χ1v) is 5.18. The Kier molecular flexibility index (Phi) is 3.00. The second-order valence-corrected chi connectivity index (χ2v) is 3.51. The van der Waals surface area contributed by atoms with Crippen LogP contribution in [0.5, 0.6) is 0 Å². The van der Waals surface area contributed by atoms with Crippen molar-refractivity contribution in [3.05, 3.63) is 23.3 Å². The molecule has 0 radical (unpaired) electrons. The number of halogens is 1. The maximum atomic E-state index is 5.54.